The number of benzene rings is 2. The Bertz CT molecular complexity index is 532. The zero-order valence-electron chi connectivity index (χ0n) is 11.0. The summed E-state index contributed by atoms with van der Waals surface area (Å²) in [6.07, 6.45) is 2.24. The van der Waals surface area contributed by atoms with Gasteiger partial charge in [0.25, 0.3) is 0 Å². The van der Waals surface area contributed by atoms with Crippen molar-refractivity contribution in [2.24, 2.45) is 0 Å². The summed E-state index contributed by atoms with van der Waals surface area (Å²) in [6, 6.07) is 14.4. The molecule has 0 amide bonds. The van der Waals surface area contributed by atoms with E-state index in [0.29, 0.717) is 0 Å². The fourth-order valence-corrected chi connectivity index (χ4v) is 2.05. The third-order valence-electron chi connectivity index (χ3n) is 3.07. The molecule has 2 aromatic rings. The number of anilines is 3. The summed E-state index contributed by atoms with van der Waals surface area (Å²) >= 11 is 0. The molecule has 94 valence electrons. The molecule has 0 bridgehead atoms. The Morgan fingerprint density at radius 2 is 1.83 bits per heavy atom. The molecule has 2 heteroatoms. The second-order valence-corrected chi connectivity index (χ2v) is 4.61. The van der Waals surface area contributed by atoms with Crippen LogP contribution < -0.4 is 11.1 Å². The molecule has 0 atom stereocenters. The van der Waals surface area contributed by atoms with E-state index < -0.39 is 0 Å². The van der Waals surface area contributed by atoms with Crippen molar-refractivity contribution >= 4 is 17.1 Å². The topological polar surface area (TPSA) is 38.0 Å². The first kappa shape index (κ1) is 12.5. The Balaban J connectivity index is 2.30. The molecule has 0 aliphatic carbocycles. The lowest BCUT2D eigenvalue weighted by Crippen LogP contribution is -1.98. The number of aryl methyl sites for hydroxylation is 2. The zero-order valence-corrected chi connectivity index (χ0v) is 11.0. The van der Waals surface area contributed by atoms with E-state index in [1.54, 1.807) is 0 Å². The van der Waals surface area contributed by atoms with Gasteiger partial charge in [-0.15, -0.1) is 0 Å². The quantitative estimate of drug-likeness (QED) is 0.783. The smallest absolute Gasteiger partial charge is 0.0434 e. The first-order valence-corrected chi connectivity index (χ1v) is 6.41. The lowest BCUT2D eigenvalue weighted by molar-refractivity contribution is 0.923. The number of para-hydroxylation sites is 1. The molecule has 2 rings (SSSR count). The van der Waals surface area contributed by atoms with Gasteiger partial charge in [-0.05, 0) is 42.7 Å². The van der Waals surface area contributed by atoms with Gasteiger partial charge in [0.2, 0.25) is 0 Å². The molecule has 0 saturated heterocycles. The molecule has 0 saturated carbocycles. The second-order valence-electron chi connectivity index (χ2n) is 4.61. The molecule has 0 fully saturated rings. The van der Waals surface area contributed by atoms with E-state index in [0.717, 1.165) is 24.2 Å². The van der Waals surface area contributed by atoms with Gasteiger partial charge in [0.1, 0.15) is 0 Å². The zero-order chi connectivity index (χ0) is 13.0. The Morgan fingerprint density at radius 1 is 1.06 bits per heavy atom. The lowest BCUT2D eigenvalue weighted by atomic mass is 10.1. The molecular weight excluding hydrogens is 220 g/mol. The fourth-order valence-electron chi connectivity index (χ4n) is 2.05. The van der Waals surface area contributed by atoms with Crippen molar-refractivity contribution in [2.45, 2.75) is 26.7 Å². The number of nitrogens with one attached hydrogen (secondary N) is 1. The highest BCUT2D eigenvalue weighted by atomic mass is 14.9. The number of nitrogens with two attached hydrogens (primary N) is 1. The highest BCUT2D eigenvalue weighted by Crippen LogP contribution is 2.25. The molecule has 0 radical (unpaired) electrons. The Labute approximate surface area is 109 Å². The molecule has 3 N–H and O–H groups in total. The minimum absolute atomic E-state index is 0.788. The van der Waals surface area contributed by atoms with Crippen molar-refractivity contribution < 1.29 is 0 Å². The van der Waals surface area contributed by atoms with E-state index >= 15 is 0 Å². The van der Waals surface area contributed by atoms with Crippen LogP contribution in [-0.2, 0) is 6.42 Å². The van der Waals surface area contributed by atoms with Crippen LogP contribution in [0.1, 0.15) is 24.5 Å². The van der Waals surface area contributed by atoms with E-state index in [2.05, 4.69) is 43.4 Å². The monoisotopic (exact) mass is 240 g/mol. The number of nitrogen functional groups attached to an aromatic ring is 1. The van der Waals surface area contributed by atoms with Crippen LogP contribution in [-0.4, -0.2) is 0 Å². The predicted octanol–water partition coefficient (Wildman–Crippen LogP) is 4.27. The van der Waals surface area contributed by atoms with E-state index in [-0.39, 0.29) is 0 Å². The van der Waals surface area contributed by atoms with Gasteiger partial charge in [-0.3, -0.25) is 0 Å². The number of hydrogen-bond acceptors (Lipinski definition) is 2. The Hall–Kier alpha value is -1.96. The predicted molar refractivity (Wildman–Crippen MR) is 79.3 cm³/mol. The van der Waals surface area contributed by atoms with Gasteiger partial charge < -0.3 is 11.1 Å². The first-order chi connectivity index (χ1) is 8.70. The largest absolute Gasteiger partial charge is 0.399 e. The molecule has 2 aromatic carbocycles. The van der Waals surface area contributed by atoms with Gasteiger partial charge in [-0.2, -0.15) is 0 Å². The normalized spacial score (nSPS) is 10.3. The molecular formula is C16H20N2. The van der Waals surface area contributed by atoms with Crippen LogP contribution in [0.25, 0.3) is 0 Å². The van der Waals surface area contributed by atoms with E-state index in [9.17, 15) is 0 Å². The SMILES string of the molecule is CCCc1ccccc1Nc1cc(N)ccc1C. The summed E-state index contributed by atoms with van der Waals surface area (Å²) in [4.78, 5) is 0. The minimum atomic E-state index is 0.788. The summed E-state index contributed by atoms with van der Waals surface area (Å²) in [5.41, 5.74) is 11.4. The maximum atomic E-state index is 5.84. The maximum absolute atomic E-state index is 5.84. The molecule has 0 spiro atoms. The molecule has 0 aromatic heterocycles. The van der Waals surface area contributed by atoms with E-state index in [4.69, 9.17) is 5.73 Å². The summed E-state index contributed by atoms with van der Waals surface area (Å²) < 4.78 is 0. The number of rotatable bonds is 4. The molecule has 0 unspecified atom stereocenters. The molecule has 18 heavy (non-hydrogen) atoms. The molecule has 0 heterocycles. The van der Waals surface area contributed by atoms with Gasteiger partial charge >= 0.3 is 0 Å². The van der Waals surface area contributed by atoms with Crippen molar-refractivity contribution in [1.82, 2.24) is 0 Å². The highest BCUT2D eigenvalue weighted by molar-refractivity contribution is 5.69. The van der Waals surface area contributed by atoms with Crippen molar-refractivity contribution in [1.29, 1.82) is 0 Å². The molecule has 0 aliphatic rings. The summed E-state index contributed by atoms with van der Waals surface area (Å²) in [7, 11) is 0. The Morgan fingerprint density at radius 3 is 2.61 bits per heavy atom. The van der Waals surface area contributed by atoms with Crippen LogP contribution in [0, 0.1) is 6.92 Å². The third kappa shape index (κ3) is 2.83. The van der Waals surface area contributed by atoms with Crippen LogP contribution in [0.15, 0.2) is 42.5 Å². The average molecular weight is 240 g/mol. The van der Waals surface area contributed by atoms with Crippen molar-refractivity contribution in [3.63, 3.8) is 0 Å². The van der Waals surface area contributed by atoms with E-state index in [1.165, 1.54) is 16.8 Å². The summed E-state index contributed by atoms with van der Waals surface area (Å²) in [5, 5.41) is 3.49. The Kier molecular flexibility index (Phi) is 3.88. The molecule has 0 aliphatic heterocycles. The van der Waals surface area contributed by atoms with Crippen molar-refractivity contribution in [3.05, 3.63) is 53.6 Å². The third-order valence-corrected chi connectivity index (χ3v) is 3.07. The fraction of sp³-hybridized carbons (Fsp3) is 0.250. The molecule has 2 nitrogen and oxygen atoms in total. The lowest BCUT2D eigenvalue weighted by Gasteiger charge is -2.14. The van der Waals surface area contributed by atoms with Crippen LogP contribution in [0.5, 0.6) is 0 Å². The minimum Gasteiger partial charge on any atom is -0.399 e. The van der Waals surface area contributed by atoms with Crippen LogP contribution in [0.4, 0.5) is 17.1 Å². The van der Waals surface area contributed by atoms with Crippen molar-refractivity contribution in [3.8, 4) is 0 Å². The highest BCUT2D eigenvalue weighted by Gasteiger charge is 2.03. The average Bonchev–Trinajstić information content (AvgIpc) is 2.36. The first-order valence-electron chi connectivity index (χ1n) is 6.41. The van der Waals surface area contributed by atoms with Gasteiger partial charge in [0, 0.05) is 17.1 Å². The van der Waals surface area contributed by atoms with Gasteiger partial charge in [-0.25, -0.2) is 0 Å². The second kappa shape index (κ2) is 5.58. The van der Waals surface area contributed by atoms with Gasteiger partial charge in [0.15, 0.2) is 0 Å². The van der Waals surface area contributed by atoms with Crippen LogP contribution >= 0.6 is 0 Å². The maximum Gasteiger partial charge on any atom is 0.0434 e. The van der Waals surface area contributed by atoms with Crippen LogP contribution in [0.2, 0.25) is 0 Å². The standard InChI is InChI=1S/C16H20N2/c1-3-6-13-7-4-5-8-15(13)18-16-11-14(17)10-9-12(16)2/h4-5,7-11,18H,3,6,17H2,1-2H3. The van der Waals surface area contributed by atoms with Crippen molar-refractivity contribution in [2.75, 3.05) is 11.1 Å². The van der Waals surface area contributed by atoms with Crippen LogP contribution in [0.3, 0.4) is 0 Å². The summed E-state index contributed by atoms with van der Waals surface area (Å²) in [6.45, 7) is 4.28. The van der Waals surface area contributed by atoms with E-state index in [1.807, 2.05) is 18.2 Å². The number of hydrogen-bond donors (Lipinski definition) is 2. The summed E-state index contributed by atoms with van der Waals surface area (Å²) in [5.74, 6) is 0. The van der Waals surface area contributed by atoms with Gasteiger partial charge in [-0.1, -0.05) is 37.6 Å². The van der Waals surface area contributed by atoms with Gasteiger partial charge in [0.05, 0.1) is 0 Å².